The molecule has 1 atom stereocenters. The van der Waals surface area contributed by atoms with Crippen molar-refractivity contribution in [2.45, 2.75) is 5.78 Å². The highest BCUT2D eigenvalue weighted by atomic mass is 31.2. The molecule has 1 heterocycles. The predicted molar refractivity (Wildman–Crippen MR) is 105 cm³/mol. The molecule has 1 N–H and O–H groups in total. The average molecular weight is 387 g/mol. The molecular formula is C20H22NO5P. The third-order valence-electron chi connectivity index (χ3n) is 3.85. The first-order chi connectivity index (χ1) is 13.2. The lowest BCUT2D eigenvalue weighted by molar-refractivity contribution is 0.174. The number of rotatable bonds is 10. The molecule has 0 spiro atoms. The van der Waals surface area contributed by atoms with Gasteiger partial charge in [-0.25, -0.2) is 0 Å². The van der Waals surface area contributed by atoms with Crippen molar-refractivity contribution in [2.24, 2.45) is 0 Å². The van der Waals surface area contributed by atoms with Gasteiger partial charge >= 0.3 is 7.60 Å². The summed E-state index contributed by atoms with van der Waals surface area (Å²) in [5.41, 5.74) is 1.48. The van der Waals surface area contributed by atoms with Crippen molar-refractivity contribution >= 4 is 13.3 Å². The zero-order valence-electron chi connectivity index (χ0n) is 14.9. The Hall–Kier alpha value is -2.53. The molecule has 1 aliphatic heterocycles. The summed E-state index contributed by atoms with van der Waals surface area (Å²) in [4.78, 5) is 0. The molecule has 0 saturated heterocycles. The number of nitrogens with one attached hydrogen (secondary N) is 1. The summed E-state index contributed by atoms with van der Waals surface area (Å²) in [7, 11) is -3.62. The first-order valence-corrected chi connectivity index (χ1v) is 10.1. The van der Waals surface area contributed by atoms with E-state index < -0.39 is 13.4 Å². The summed E-state index contributed by atoms with van der Waals surface area (Å²) in [5.74, 6) is 0.478. The van der Waals surface area contributed by atoms with Gasteiger partial charge in [0.05, 0.1) is 13.2 Å². The summed E-state index contributed by atoms with van der Waals surface area (Å²) in [5, 5.41) is 3.27. The van der Waals surface area contributed by atoms with Crippen molar-refractivity contribution in [3.05, 3.63) is 79.4 Å². The van der Waals surface area contributed by atoms with Gasteiger partial charge < -0.3 is 23.8 Å². The Balaban J connectivity index is 2.00. The second kappa shape index (κ2) is 8.91. The first kappa shape index (κ1) is 19.2. The van der Waals surface area contributed by atoms with Crippen LogP contribution in [0.25, 0.3) is 0 Å². The molecule has 0 amide bonds. The number of para-hydroxylation sites is 1. The Morgan fingerprint density at radius 3 is 2.37 bits per heavy atom. The lowest BCUT2D eigenvalue weighted by Gasteiger charge is -2.28. The number of hydrogen-bond acceptors (Lipinski definition) is 6. The van der Waals surface area contributed by atoms with Gasteiger partial charge in [-0.3, -0.25) is 4.57 Å². The van der Waals surface area contributed by atoms with E-state index in [0.29, 0.717) is 17.1 Å². The van der Waals surface area contributed by atoms with E-state index in [0.717, 1.165) is 5.69 Å². The molecule has 0 saturated carbocycles. The Labute approximate surface area is 158 Å². The van der Waals surface area contributed by atoms with Crippen LogP contribution in [0.5, 0.6) is 11.5 Å². The van der Waals surface area contributed by atoms with E-state index in [1.54, 1.807) is 12.1 Å². The molecular weight excluding hydrogens is 365 g/mol. The van der Waals surface area contributed by atoms with Crippen molar-refractivity contribution in [1.82, 2.24) is 0 Å². The Morgan fingerprint density at radius 2 is 1.70 bits per heavy atom. The van der Waals surface area contributed by atoms with Crippen LogP contribution in [0.4, 0.5) is 5.69 Å². The predicted octanol–water partition coefficient (Wildman–Crippen LogP) is 5.12. The first-order valence-electron chi connectivity index (χ1n) is 8.48. The van der Waals surface area contributed by atoms with Gasteiger partial charge in [0.25, 0.3) is 0 Å². The molecule has 1 aliphatic rings. The van der Waals surface area contributed by atoms with E-state index in [9.17, 15) is 4.57 Å². The Kier molecular flexibility index (Phi) is 6.35. The highest BCUT2D eigenvalue weighted by Gasteiger charge is 2.38. The molecule has 2 aromatic carbocycles. The highest BCUT2D eigenvalue weighted by Crippen LogP contribution is 2.61. The molecule has 1 unspecified atom stereocenters. The smallest absolute Gasteiger partial charge is 0.357 e. The van der Waals surface area contributed by atoms with E-state index in [1.807, 2.05) is 36.4 Å². The number of anilines is 1. The zero-order valence-corrected chi connectivity index (χ0v) is 15.8. The molecule has 0 bridgehead atoms. The van der Waals surface area contributed by atoms with Crippen molar-refractivity contribution in [1.29, 1.82) is 0 Å². The molecule has 2 aromatic rings. The molecule has 142 valence electrons. The SMILES string of the molecule is C=CCOP(=O)(OCC=C)C(Nc1ccccc1)c1ccc2c(c1)OCO2. The summed E-state index contributed by atoms with van der Waals surface area (Å²) >= 11 is 0. The molecule has 0 aliphatic carbocycles. The summed E-state index contributed by atoms with van der Waals surface area (Å²) in [6.07, 6.45) is 3.06. The van der Waals surface area contributed by atoms with Crippen molar-refractivity contribution in [2.75, 3.05) is 25.3 Å². The maximum Gasteiger partial charge on any atom is 0.357 e. The van der Waals surface area contributed by atoms with Gasteiger partial charge in [0.1, 0.15) is 0 Å². The number of fused-ring (bicyclic) bond motifs is 1. The largest absolute Gasteiger partial charge is 0.454 e. The van der Waals surface area contributed by atoms with E-state index in [4.69, 9.17) is 18.5 Å². The van der Waals surface area contributed by atoms with Crippen LogP contribution in [-0.4, -0.2) is 20.0 Å². The van der Waals surface area contributed by atoms with Gasteiger partial charge in [0.15, 0.2) is 17.3 Å². The highest BCUT2D eigenvalue weighted by molar-refractivity contribution is 7.54. The standard InChI is InChI=1S/C20H22NO5P/c1-3-12-25-27(22,26-13-4-2)20(21-17-8-6-5-7-9-17)16-10-11-18-19(14-16)24-15-23-18/h3-11,14,20-21H,1-2,12-13,15H2. The fraction of sp³-hybridized carbons (Fsp3) is 0.200. The van der Waals surface area contributed by atoms with Gasteiger partial charge in [0.2, 0.25) is 6.79 Å². The zero-order chi connectivity index (χ0) is 19.1. The molecule has 0 fully saturated rings. The van der Waals surface area contributed by atoms with Crippen molar-refractivity contribution in [3.8, 4) is 11.5 Å². The fourth-order valence-corrected chi connectivity index (χ4v) is 4.45. The summed E-state index contributed by atoms with van der Waals surface area (Å²) in [6, 6.07) is 14.8. The Bertz CT molecular complexity index is 824. The van der Waals surface area contributed by atoms with Crippen LogP contribution < -0.4 is 14.8 Å². The van der Waals surface area contributed by atoms with Gasteiger partial charge in [-0.2, -0.15) is 0 Å². The summed E-state index contributed by atoms with van der Waals surface area (Å²) < 4.78 is 35.7. The minimum absolute atomic E-state index is 0.0892. The van der Waals surface area contributed by atoms with Crippen LogP contribution in [0, 0.1) is 0 Å². The van der Waals surface area contributed by atoms with Gasteiger partial charge in [-0.15, -0.1) is 13.2 Å². The molecule has 0 radical (unpaired) electrons. The van der Waals surface area contributed by atoms with Gasteiger partial charge in [0, 0.05) is 5.69 Å². The normalized spacial score (nSPS) is 13.8. The molecule has 3 rings (SSSR count). The third-order valence-corrected chi connectivity index (χ3v) is 5.93. The quantitative estimate of drug-likeness (QED) is 0.451. The van der Waals surface area contributed by atoms with Crippen LogP contribution in [0.3, 0.4) is 0 Å². The van der Waals surface area contributed by atoms with Crippen molar-refractivity contribution < 1.29 is 23.1 Å². The lowest BCUT2D eigenvalue weighted by atomic mass is 10.2. The van der Waals surface area contributed by atoms with E-state index in [1.165, 1.54) is 12.2 Å². The molecule has 7 heteroatoms. The second-order valence-corrected chi connectivity index (χ2v) is 7.85. The van der Waals surface area contributed by atoms with Gasteiger partial charge in [-0.1, -0.05) is 36.4 Å². The van der Waals surface area contributed by atoms with E-state index >= 15 is 0 Å². The lowest BCUT2D eigenvalue weighted by Crippen LogP contribution is -2.15. The maximum atomic E-state index is 13.7. The van der Waals surface area contributed by atoms with Crippen molar-refractivity contribution in [3.63, 3.8) is 0 Å². The monoisotopic (exact) mass is 387 g/mol. The Morgan fingerprint density at radius 1 is 1.04 bits per heavy atom. The molecule has 0 aromatic heterocycles. The fourth-order valence-electron chi connectivity index (χ4n) is 2.62. The number of ether oxygens (including phenoxy) is 2. The van der Waals surface area contributed by atoms with Crippen LogP contribution >= 0.6 is 7.60 Å². The third kappa shape index (κ3) is 4.61. The maximum absolute atomic E-state index is 13.7. The topological polar surface area (TPSA) is 66.0 Å². The van der Waals surface area contributed by atoms with Crippen LogP contribution in [0.2, 0.25) is 0 Å². The molecule has 27 heavy (non-hydrogen) atoms. The molecule has 6 nitrogen and oxygen atoms in total. The minimum Gasteiger partial charge on any atom is -0.454 e. The van der Waals surface area contributed by atoms with Crippen LogP contribution in [0.1, 0.15) is 11.3 Å². The van der Waals surface area contributed by atoms with Crippen LogP contribution in [0.15, 0.2) is 73.8 Å². The van der Waals surface area contributed by atoms with Crippen LogP contribution in [-0.2, 0) is 13.6 Å². The summed E-state index contributed by atoms with van der Waals surface area (Å²) in [6.45, 7) is 7.60. The van der Waals surface area contributed by atoms with Gasteiger partial charge in [-0.05, 0) is 29.8 Å². The minimum atomic E-state index is -3.62. The number of benzene rings is 2. The van der Waals surface area contributed by atoms with E-state index in [-0.39, 0.29) is 20.0 Å². The van der Waals surface area contributed by atoms with E-state index in [2.05, 4.69) is 18.5 Å². The average Bonchev–Trinajstić information content (AvgIpc) is 3.17. The number of hydrogen-bond donors (Lipinski definition) is 1. The second-order valence-electron chi connectivity index (χ2n) is 5.73.